The second kappa shape index (κ2) is 5.13. The number of nitrogens with zero attached hydrogens (tertiary/aromatic N) is 1. The Morgan fingerprint density at radius 2 is 2.07 bits per heavy atom. The Labute approximate surface area is 103 Å². The van der Waals surface area contributed by atoms with E-state index in [0.29, 0.717) is 10.0 Å². The molecule has 1 aromatic rings. The average molecular weight is 257 g/mol. The summed E-state index contributed by atoms with van der Waals surface area (Å²) in [5.74, 6) is 0. The topological polar surface area (TPSA) is 49.8 Å². The van der Waals surface area contributed by atoms with Crippen molar-refractivity contribution in [3.05, 3.63) is 39.4 Å². The quantitative estimate of drug-likeness (QED) is 0.503. The summed E-state index contributed by atoms with van der Waals surface area (Å²) < 4.78 is 0. The van der Waals surface area contributed by atoms with Gasteiger partial charge in [0, 0.05) is 0 Å². The van der Waals surface area contributed by atoms with Crippen LogP contribution in [0.15, 0.2) is 23.8 Å². The molecule has 0 bridgehead atoms. The van der Waals surface area contributed by atoms with E-state index in [1.165, 1.54) is 0 Å². The molecule has 0 amide bonds. The van der Waals surface area contributed by atoms with Gasteiger partial charge >= 0.3 is 0 Å². The van der Waals surface area contributed by atoms with Gasteiger partial charge in [0.1, 0.15) is 11.1 Å². The molecule has 2 nitrogen and oxygen atoms in total. The number of benzene rings is 1. The van der Waals surface area contributed by atoms with E-state index < -0.39 is 0 Å². The average Bonchev–Trinajstić information content (AvgIpc) is 2.19. The second-order valence-corrected chi connectivity index (χ2v) is 3.96. The van der Waals surface area contributed by atoms with Gasteiger partial charge in [-0.2, -0.15) is 5.26 Å². The predicted octanol–water partition coefficient (Wildman–Crippen LogP) is 3.19. The van der Waals surface area contributed by atoms with Crippen LogP contribution in [0, 0.1) is 11.3 Å². The summed E-state index contributed by atoms with van der Waals surface area (Å²) in [6.45, 7) is 0. The predicted molar refractivity (Wildman–Crippen MR) is 66.8 cm³/mol. The van der Waals surface area contributed by atoms with Gasteiger partial charge in [0.15, 0.2) is 0 Å². The molecule has 0 saturated heterocycles. The first-order valence-electron chi connectivity index (χ1n) is 3.91. The van der Waals surface area contributed by atoms with Crippen LogP contribution in [-0.2, 0) is 0 Å². The summed E-state index contributed by atoms with van der Waals surface area (Å²) in [4.78, 5) is 0.0589. The number of hydrogen-bond donors (Lipinski definition) is 1. The van der Waals surface area contributed by atoms with E-state index >= 15 is 0 Å². The largest absolute Gasteiger partial charge is 0.389 e. The highest BCUT2D eigenvalue weighted by Crippen LogP contribution is 2.23. The first-order chi connectivity index (χ1) is 7.04. The lowest BCUT2D eigenvalue weighted by molar-refractivity contribution is 1.51. The van der Waals surface area contributed by atoms with Gasteiger partial charge in [-0.05, 0) is 23.8 Å². The Kier molecular flexibility index (Phi) is 4.10. The number of halogens is 2. The number of rotatable bonds is 2. The van der Waals surface area contributed by atoms with Crippen LogP contribution in [0.4, 0.5) is 0 Å². The van der Waals surface area contributed by atoms with Crippen LogP contribution < -0.4 is 5.73 Å². The van der Waals surface area contributed by atoms with Crippen LogP contribution in [-0.4, -0.2) is 4.99 Å². The molecule has 1 aromatic carbocycles. The standard InChI is InChI=1S/C10H6Cl2N2S/c11-8-2-1-6(4-9(8)12)3-7(5-13)10(14)15/h1-4H,(H2,14,15). The SMILES string of the molecule is N#CC(=Cc1ccc(Cl)c(Cl)c1)C(N)=S. The van der Waals surface area contributed by atoms with Crippen LogP contribution in [0.2, 0.25) is 10.0 Å². The molecule has 0 aliphatic heterocycles. The summed E-state index contributed by atoms with van der Waals surface area (Å²) in [6, 6.07) is 6.91. The maximum atomic E-state index is 8.74. The molecule has 0 aromatic heterocycles. The number of nitriles is 1. The molecule has 5 heteroatoms. The Bertz CT molecular complexity index is 475. The number of nitrogens with two attached hydrogens (primary N) is 1. The van der Waals surface area contributed by atoms with Crippen molar-refractivity contribution in [1.29, 1.82) is 5.26 Å². The molecule has 1 rings (SSSR count). The van der Waals surface area contributed by atoms with Crippen molar-refractivity contribution < 1.29 is 0 Å². The van der Waals surface area contributed by atoms with Crippen molar-refractivity contribution >= 4 is 46.5 Å². The van der Waals surface area contributed by atoms with Crippen LogP contribution in [0.25, 0.3) is 6.08 Å². The molecular formula is C10H6Cl2N2S. The minimum Gasteiger partial charge on any atom is -0.389 e. The molecule has 15 heavy (non-hydrogen) atoms. The van der Waals surface area contributed by atoms with E-state index in [1.54, 1.807) is 24.3 Å². The maximum Gasteiger partial charge on any atom is 0.114 e. The fraction of sp³-hybridized carbons (Fsp3) is 0. The molecule has 0 unspecified atom stereocenters. The third-order valence-electron chi connectivity index (χ3n) is 1.64. The van der Waals surface area contributed by atoms with Crippen molar-refractivity contribution in [2.45, 2.75) is 0 Å². The van der Waals surface area contributed by atoms with Gasteiger partial charge in [-0.25, -0.2) is 0 Å². The van der Waals surface area contributed by atoms with Crippen LogP contribution >= 0.6 is 35.4 Å². The fourth-order valence-corrected chi connectivity index (χ4v) is 1.34. The van der Waals surface area contributed by atoms with Crippen LogP contribution in [0.3, 0.4) is 0 Å². The Balaban J connectivity index is 3.14. The summed E-state index contributed by atoms with van der Waals surface area (Å²) in [5.41, 5.74) is 6.31. The molecule has 0 atom stereocenters. The van der Waals surface area contributed by atoms with Gasteiger partial charge in [0.2, 0.25) is 0 Å². The molecular weight excluding hydrogens is 251 g/mol. The highest BCUT2D eigenvalue weighted by molar-refractivity contribution is 7.80. The van der Waals surface area contributed by atoms with E-state index in [4.69, 9.17) is 46.4 Å². The van der Waals surface area contributed by atoms with E-state index in [1.807, 2.05) is 6.07 Å². The lowest BCUT2D eigenvalue weighted by atomic mass is 10.1. The summed E-state index contributed by atoms with van der Waals surface area (Å²) in [7, 11) is 0. The Morgan fingerprint density at radius 1 is 1.40 bits per heavy atom. The maximum absolute atomic E-state index is 8.74. The molecule has 0 heterocycles. The van der Waals surface area contributed by atoms with Crippen molar-refractivity contribution in [1.82, 2.24) is 0 Å². The lowest BCUT2D eigenvalue weighted by Crippen LogP contribution is -2.09. The zero-order chi connectivity index (χ0) is 11.4. The van der Waals surface area contributed by atoms with Crippen molar-refractivity contribution in [3.63, 3.8) is 0 Å². The van der Waals surface area contributed by atoms with E-state index in [0.717, 1.165) is 5.56 Å². The minimum atomic E-state index is 0.0589. The fourth-order valence-electron chi connectivity index (χ4n) is 0.927. The minimum absolute atomic E-state index is 0.0589. The summed E-state index contributed by atoms with van der Waals surface area (Å²) in [6.07, 6.45) is 1.56. The first-order valence-corrected chi connectivity index (χ1v) is 5.07. The van der Waals surface area contributed by atoms with Gasteiger partial charge in [-0.1, -0.05) is 41.5 Å². The highest BCUT2D eigenvalue weighted by atomic mass is 35.5. The van der Waals surface area contributed by atoms with Crippen LogP contribution in [0.5, 0.6) is 0 Å². The molecule has 76 valence electrons. The van der Waals surface area contributed by atoms with Gasteiger partial charge < -0.3 is 5.73 Å². The second-order valence-electron chi connectivity index (χ2n) is 2.71. The Hall–Kier alpha value is -1.08. The molecule has 0 aliphatic carbocycles. The third kappa shape index (κ3) is 3.21. The smallest absolute Gasteiger partial charge is 0.114 e. The first kappa shape index (κ1) is 12.0. The van der Waals surface area contributed by atoms with E-state index in [9.17, 15) is 0 Å². The molecule has 0 saturated carbocycles. The molecule has 2 N–H and O–H groups in total. The zero-order valence-electron chi connectivity index (χ0n) is 7.50. The summed E-state index contributed by atoms with van der Waals surface area (Å²) in [5, 5.41) is 9.62. The van der Waals surface area contributed by atoms with Crippen molar-refractivity contribution in [3.8, 4) is 6.07 Å². The lowest BCUT2D eigenvalue weighted by Gasteiger charge is -1.99. The zero-order valence-corrected chi connectivity index (χ0v) is 9.83. The number of thiocarbonyl (C=S) groups is 1. The highest BCUT2D eigenvalue weighted by Gasteiger charge is 2.01. The molecule has 0 fully saturated rings. The third-order valence-corrected chi connectivity index (χ3v) is 2.60. The molecule has 0 aliphatic rings. The Morgan fingerprint density at radius 3 is 2.53 bits per heavy atom. The van der Waals surface area contributed by atoms with Gasteiger partial charge in [0.25, 0.3) is 0 Å². The normalized spacial score (nSPS) is 10.9. The number of hydrogen-bond acceptors (Lipinski definition) is 2. The van der Waals surface area contributed by atoms with E-state index in [2.05, 4.69) is 0 Å². The van der Waals surface area contributed by atoms with Crippen molar-refractivity contribution in [2.24, 2.45) is 5.73 Å². The molecule has 0 radical (unpaired) electrons. The summed E-state index contributed by atoms with van der Waals surface area (Å²) >= 11 is 16.3. The molecule has 0 spiro atoms. The van der Waals surface area contributed by atoms with Gasteiger partial charge in [-0.3, -0.25) is 0 Å². The van der Waals surface area contributed by atoms with Crippen LogP contribution in [0.1, 0.15) is 5.56 Å². The van der Waals surface area contributed by atoms with Gasteiger partial charge in [0.05, 0.1) is 15.6 Å². The van der Waals surface area contributed by atoms with E-state index in [-0.39, 0.29) is 10.6 Å². The van der Waals surface area contributed by atoms with Gasteiger partial charge in [-0.15, -0.1) is 0 Å². The monoisotopic (exact) mass is 256 g/mol. The van der Waals surface area contributed by atoms with Crippen molar-refractivity contribution in [2.75, 3.05) is 0 Å².